The maximum absolute atomic E-state index is 12.6. The van der Waals surface area contributed by atoms with Crippen molar-refractivity contribution in [1.29, 1.82) is 0 Å². The van der Waals surface area contributed by atoms with Crippen LogP contribution in [-0.4, -0.2) is 47.6 Å². The normalized spacial score (nSPS) is 11.0. The second-order valence-electron chi connectivity index (χ2n) is 7.78. The summed E-state index contributed by atoms with van der Waals surface area (Å²) >= 11 is 0. The predicted octanol–water partition coefficient (Wildman–Crippen LogP) is 3.84. The second-order valence-corrected chi connectivity index (χ2v) is 7.78. The topological polar surface area (TPSA) is 63.7 Å². The second kappa shape index (κ2) is 12.2. The van der Waals surface area contributed by atoms with Crippen LogP contribution >= 0.6 is 0 Å². The Morgan fingerprint density at radius 2 is 1.83 bits per heavy atom. The van der Waals surface area contributed by atoms with E-state index in [0.29, 0.717) is 18.1 Å². The third-order valence-corrected chi connectivity index (χ3v) is 4.70. The average Bonchev–Trinajstić information content (AvgIpc) is 2.71. The fraction of sp³-hybridized carbons (Fsp3) is 0.500. The van der Waals surface area contributed by atoms with E-state index in [2.05, 4.69) is 16.4 Å². The first-order chi connectivity index (χ1) is 14.4. The number of nitrogens with one attached hydrogen (secondary N) is 1. The molecular formula is C24H35N3O3. The van der Waals surface area contributed by atoms with Gasteiger partial charge in [-0.1, -0.05) is 12.1 Å². The summed E-state index contributed by atoms with van der Waals surface area (Å²) in [7, 11) is 0. The highest BCUT2D eigenvalue weighted by molar-refractivity contribution is 5.78. The van der Waals surface area contributed by atoms with Crippen molar-refractivity contribution in [2.45, 2.75) is 59.7 Å². The van der Waals surface area contributed by atoms with Gasteiger partial charge in [-0.25, -0.2) is 0 Å². The van der Waals surface area contributed by atoms with E-state index in [0.717, 1.165) is 25.1 Å². The van der Waals surface area contributed by atoms with Gasteiger partial charge in [0.2, 0.25) is 0 Å². The molecule has 2 rings (SSSR count). The third-order valence-electron chi connectivity index (χ3n) is 4.70. The number of amides is 1. The van der Waals surface area contributed by atoms with Crippen LogP contribution in [0.25, 0.3) is 0 Å². The number of benzene rings is 1. The van der Waals surface area contributed by atoms with Crippen molar-refractivity contribution in [1.82, 2.24) is 15.2 Å². The highest BCUT2D eigenvalue weighted by atomic mass is 16.5. The summed E-state index contributed by atoms with van der Waals surface area (Å²) in [5.74, 6) is 1.23. The number of rotatable bonds is 12. The summed E-state index contributed by atoms with van der Waals surface area (Å²) in [4.78, 5) is 18.5. The third kappa shape index (κ3) is 7.34. The van der Waals surface area contributed by atoms with Gasteiger partial charge in [-0.05, 0) is 76.9 Å². The zero-order chi connectivity index (χ0) is 21.9. The van der Waals surface area contributed by atoms with E-state index in [1.807, 2.05) is 70.0 Å². The van der Waals surface area contributed by atoms with E-state index in [1.54, 1.807) is 6.20 Å². The van der Waals surface area contributed by atoms with E-state index in [1.165, 1.54) is 5.56 Å². The highest BCUT2D eigenvalue weighted by Crippen LogP contribution is 2.28. The Hall–Kier alpha value is -2.60. The molecule has 6 nitrogen and oxygen atoms in total. The molecule has 0 saturated heterocycles. The quantitative estimate of drug-likeness (QED) is 0.536. The summed E-state index contributed by atoms with van der Waals surface area (Å²) in [6.45, 7) is 12.1. The molecule has 1 aromatic heterocycles. The summed E-state index contributed by atoms with van der Waals surface area (Å²) in [5.41, 5.74) is 2.32. The Morgan fingerprint density at radius 3 is 2.47 bits per heavy atom. The van der Waals surface area contributed by atoms with Crippen LogP contribution in [0.4, 0.5) is 0 Å². The number of carbonyl (C=O) groups excluding carboxylic acids is 1. The monoisotopic (exact) mass is 413 g/mol. The summed E-state index contributed by atoms with van der Waals surface area (Å²) in [6.07, 6.45) is 4.60. The molecule has 0 spiro atoms. The standard InChI is InChI=1S/C24H35N3O3/c1-6-29-23-14-21(16-26-13-11-20-8-7-12-25-15-20)9-10-22(23)30-17-24(28)27(18(2)3)19(4)5/h7-10,12,14-15,18-19,26H,6,11,13,16-17H2,1-5H3. The molecule has 30 heavy (non-hydrogen) atoms. The van der Waals surface area contributed by atoms with Crippen LogP contribution in [-0.2, 0) is 17.8 Å². The van der Waals surface area contributed by atoms with Gasteiger partial charge in [-0.15, -0.1) is 0 Å². The maximum Gasteiger partial charge on any atom is 0.260 e. The van der Waals surface area contributed by atoms with Crippen molar-refractivity contribution in [3.8, 4) is 11.5 Å². The minimum atomic E-state index is -0.0245. The van der Waals surface area contributed by atoms with Crippen LogP contribution in [0.1, 0.15) is 45.7 Å². The first-order valence-electron chi connectivity index (χ1n) is 10.7. The molecule has 2 aromatic rings. The molecule has 0 fully saturated rings. The van der Waals surface area contributed by atoms with Gasteiger partial charge < -0.3 is 19.7 Å². The molecule has 1 aromatic carbocycles. The molecule has 0 aliphatic carbocycles. The Bertz CT molecular complexity index is 771. The molecule has 0 aliphatic heterocycles. The number of pyridine rings is 1. The van der Waals surface area contributed by atoms with E-state index in [9.17, 15) is 4.79 Å². The van der Waals surface area contributed by atoms with Crippen LogP contribution in [0.15, 0.2) is 42.7 Å². The molecule has 1 amide bonds. The van der Waals surface area contributed by atoms with Crippen LogP contribution in [0.5, 0.6) is 11.5 Å². The van der Waals surface area contributed by atoms with Gasteiger partial charge in [0.15, 0.2) is 18.1 Å². The van der Waals surface area contributed by atoms with E-state index in [4.69, 9.17) is 9.47 Å². The Labute approximate surface area is 180 Å². The Kier molecular flexibility index (Phi) is 9.61. The SMILES string of the molecule is CCOc1cc(CNCCc2cccnc2)ccc1OCC(=O)N(C(C)C)C(C)C. The van der Waals surface area contributed by atoms with Gasteiger partial charge in [0.25, 0.3) is 5.91 Å². The van der Waals surface area contributed by atoms with Crippen LogP contribution in [0.2, 0.25) is 0 Å². The summed E-state index contributed by atoms with van der Waals surface area (Å²) < 4.78 is 11.6. The van der Waals surface area contributed by atoms with Crippen LogP contribution < -0.4 is 14.8 Å². The van der Waals surface area contributed by atoms with Crippen molar-refractivity contribution < 1.29 is 14.3 Å². The minimum Gasteiger partial charge on any atom is -0.490 e. The summed E-state index contributed by atoms with van der Waals surface area (Å²) in [5, 5.41) is 3.44. The Morgan fingerprint density at radius 1 is 1.07 bits per heavy atom. The van der Waals surface area contributed by atoms with Crippen molar-refractivity contribution in [2.75, 3.05) is 19.8 Å². The van der Waals surface area contributed by atoms with Crippen LogP contribution in [0, 0.1) is 0 Å². The van der Waals surface area contributed by atoms with Crippen LogP contribution in [0.3, 0.4) is 0 Å². The fourth-order valence-electron chi connectivity index (χ4n) is 3.45. The molecular weight excluding hydrogens is 378 g/mol. The lowest BCUT2D eigenvalue weighted by molar-refractivity contribution is -0.137. The van der Waals surface area contributed by atoms with Gasteiger partial charge in [0, 0.05) is 31.0 Å². The van der Waals surface area contributed by atoms with E-state index in [-0.39, 0.29) is 24.6 Å². The zero-order valence-electron chi connectivity index (χ0n) is 18.9. The van der Waals surface area contributed by atoms with Gasteiger partial charge in [-0.2, -0.15) is 0 Å². The fourth-order valence-corrected chi connectivity index (χ4v) is 3.45. The molecule has 6 heteroatoms. The lowest BCUT2D eigenvalue weighted by Crippen LogP contribution is -2.44. The number of hydrogen-bond acceptors (Lipinski definition) is 5. The average molecular weight is 414 g/mol. The number of aromatic nitrogens is 1. The lowest BCUT2D eigenvalue weighted by Gasteiger charge is -2.30. The van der Waals surface area contributed by atoms with E-state index >= 15 is 0 Å². The predicted molar refractivity (Wildman–Crippen MR) is 120 cm³/mol. The number of carbonyl (C=O) groups is 1. The van der Waals surface area contributed by atoms with E-state index < -0.39 is 0 Å². The molecule has 0 aliphatic rings. The first-order valence-corrected chi connectivity index (χ1v) is 10.7. The molecule has 0 atom stereocenters. The van der Waals surface area contributed by atoms with Gasteiger partial charge in [-0.3, -0.25) is 9.78 Å². The minimum absolute atomic E-state index is 0.000851. The largest absolute Gasteiger partial charge is 0.490 e. The van der Waals surface area contributed by atoms with Gasteiger partial charge in [0.05, 0.1) is 6.61 Å². The smallest absolute Gasteiger partial charge is 0.260 e. The van der Waals surface area contributed by atoms with Gasteiger partial charge in [0.1, 0.15) is 0 Å². The molecule has 0 unspecified atom stereocenters. The van der Waals surface area contributed by atoms with Crippen molar-refractivity contribution in [2.24, 2.45) is 0 Å². The molecule has 0 radical (unpaired) electrons. The first kappa shape index (κ1) is 23.7. The molecule has 164 valence electrons. The van der Waals surface area contributed by atoms with Crippen molar-refractivity contribution in [3.05, 3.63) is 53.9 Å². The lowest BCUT2D eigenvalue weighted by atomic mass is 10.2. The maximum atomic E-state index is 12.6. The molecule has 1 N–H and O–H groups in total. The highest BCUT2D eigenvalue weighted by Gasteiger charge is 2.21. The Balaban J connectivity index is 1.92. The molecule has 0 saturated carbocycles. The van der Waals surface area contributed by atoms with Crippen molar-refractivity contribution >= 4 is 5.91 Å². The number of nitrogens with zero attached hydrogens (tertiary/aromatic N) is 2. The van der Waals surface area contributed by atoms with Gasteiger partial charge >= 0.3 is 0 Å². The summed E-state index contributed by atoms with van der Waals surface area (Å²) in [6, 6.07) is 10.2. The van der Waals surface area contributed by atoms with Crippen molar-refractivity contribution in [3.63, 3.8) is 0 Å². The molecule has 1 heterocycles. The number of hydrogen-bond donors (Lipinski definition) is 1. The number of ether oxygens (including phenoxy) is 2. The molecule has 0 bridgehead atoms. The zero-order valence-corrected chi connectivity index (χ0v) is 18.9.